The highest BCUT2D eigenvalue weighted by molar-refractivity contribution is 5.99. The van der Waals surface area contributed by atoms with Gasteiger partial charge in [0, 0.05) is 6.54 Å². The number of amides is 1. The molecule has 1 amide bonds. The molecule has 0 saturated carbocycles. The molecule has 0 N–H and O–H groups in total. The summed E-state index contributed by atoms with van der Waals surface area (Å²) in [6.07, 6.45) is 1.81. The van der Waals surface area contributed by atoms with Gasteiger partial charge in [0.15, 0.2) is 5.43 Å². The molecule has 150 valence electrons. The molecule has 29 heavy (non-hydrogen) atoms. The molecule has 3 aromatic rings. The fourth-order valence-corrected chi connectivity index (χ4v) is 4.17. The van der Waals surface area contributed by atoms with Gasteiger partial charge in [-0.05, 0) is 55.2 Å². The molecule has 5 heteroatoms. The molecule has 1 aromatic heterocycles. The highest BCUT2D eigenvalue weighted by atomic mass is 16.5. The molecule has 2 heterocycles. The third-order valence-corrected chi connectivity index (χ3v) is 5.58. The Bertz CT molecular complexity index is 1140. The smallest absolute Gasteiger partial charge is 0.290 e. The summed E-state index contributed by atoms with van der Waals surface area (Å²) in [5.74, 6) is 0.690. The number of hydrogen-bond acceptors (Lipinski definition) is 4. The lowest BCUT2D eigenvalue weighted by atomic mass is 9.97. The van der Waals surface area contributed by atoms with Gasteiger partial charge in [-0.15, -0.1) is 0 Å². The molecule has 0 aliphatic carbocycles. The van der Waals surface area contributed by atoms with Crippen molar-refractivity contribution >= 4 is 16.9 Å². The minimum Gasteiger partial charge on any atom is -0.497 e. The van der Waals surface area contributed by atoms with Crippen LogP contribution in [0.15, 0.2) is 45.6 Å². The van der Waals surface area contributed by atoms with Crippen LogP contribution in [0, 0.1) is 13.8 Å². The van der Waals surface area contributed by atoms with Crippen molar-refractivity contribution in [3.05, 3.63) is 74.6 Å². The Morgan fingerprint density at radius 1 is 1.10 bits per heavy atom. The first-order chi connectivity index (χ1) is 14.0. The Balaban J connectivity index is 1.97. The number of aryl methyl sites for hydroxylation is 2. The molecule has 5 nitrogen and oxygen atoms in total. The van der Waals surface area contributed by atoms with Crippen molar-refractivity contribution in [3.8, 4) is 5.75 Å². The average molecular weight is 391 g/mol. The van der Waals surface area contributed by atoms with E-state index in [2.05, 4.69) is 6.92 Å². The number of nitrogens with zero attached hydrogens (tertiary/aromatic N) is 1. The normalized spacial score (nSPS) is 15.8. The van der Waals surface area contributed by atoms with E-state index in [9.17, 15) is 9.59 Å². The molecule has 0 saturated heterocycles. The minimum atomic E-state index is -0.448. The lowest BCUT2D eigenvalue weighted by Gasteiger charge is -2.25. The number of unbranched alkanes of at least 4 members (excludes halogenated alkanes) is 1. The summed E-state index contributed by atoms with van der Waals surface area (Å²) in [5.41, 5.74) is 3.55. The number of benzene rings is 2. The monoisotopic (exact) mass is 391 g/mol. The van der Waals surface area contributed by atoms with Gasteiger partial charge in [0.05, 0.1) is 24.1 Å². The van der Waals surface area contributed by atoms with Crippen LogP contribution >= 0.6 is 0 Å². The summed E-state index contributed by atoms with van der Waals surface area (Å²) in [6, 6.07) is 10.9. The number of ether oxygens (including phenoxy) is 1. The van der Waals surface area contributed by atoms with Gasteiger partial charge in [0.25, 0.3) is 5.91 Å². The van der Waals surface area contributed by atoms with Crippen molar-refractivity contribution in [1.82, 2.24) is 4.90 Å². The highest BCUT2D eigenvalue weighted by Crippen LogP contribution is 2.39. The maximum atomic E-state index is 13.5. The van der Waals surface area contributed by atoms with Gasteiger partial charge >= 0.3 is 0 Å². The Morgan fingerprint density at radius 2 is 1.83 bits per heavy atom. The van der Waals surface area contributed by atoms with Crippen LogP contribution < -0.4 is 10.2 Å². The molecule has 1 aliphatic heterocycles. The zero-order valence-electron chi connectivity index (χ0n) is 17.2. The molecule has 0 fully saturated rings. The third-order valence-electron chi connectivity index (χ3n) is 5.58. The lowest BCUT2D eigenvalue weighted by molar-refractivity contribution is 0.0725. The molecule has 0 bridgehead atoms. The van der Waals surface area contributed by atoms with Crippen molar-refractivity contribution in [2.45, 2.75) is 39.7 Å². The molecule has 1 atom stereocenters. The molecule has 0 radical (unpaired) electrons. The second kappa shape index (κ2) is 7.39. The van der Waals surface area contributed by atoms with Crippen LogP contribution in [0.25, 0.3) is 11.0 Å². The van der Waals surface area contributed by atoms with E-state index in [-0.39, 0.29) is 17.1 Å². The second-order valence-corrected chi connectivity index (χ2v) is 7.66. The molecular formula is C24H25NO4. The summed E-state index contributed by atoms with van der Waals surface area (Å²) in [7, 11) is 1.61. The highest BCUT2D eigenvalue weighted by Gasteiger charge is 2.42. The largest absolute Gasteiger partial charge is 0.497 e. The summed E-state index contributed by atoms with van der Waals surface area (Å²) in [4.78, 5) is 28.6. The van der Waals surface area contributed by atoms with Crippen molar-refractivity contribution in [2.75, 3.05) is 13.7 Å². The molecule has 0 spiro atoms. The lowest BCUT2D eigenvalue weighted by Crippen LogP contribution is -2.30. The first kappa shape index (κ1) is 19.2. The molecule has 2 aromatic carbocycles. The van der Waals surface area contributed by atoms with Gasteiger partial charge in [-0.25, -0.2) is 0 Å². The summed E-state index contributed by atoms with van der Waals surface area (Å²) >= 11 is 0. The van der Waals surface area contributed by atoms with Gasteiger partial charge in [-0.3, -0.25) is 9.59 Å². The van der Waals surface area contributed by atoms with Crippen LogP contribution in [0.1, 0.15) is 58.6 Å². The number of carbonyl (C=O) groups excluding carboxylic acids is 1. The Labute approximate surface area is 169 Å². The number of methoxy groups -OCH3 is 1. The molecular weight excluding hydrogens is 366 g/mol. The SMILES string of the molecule is CCCCN1C(=O)c2oc3c(C)cc(C)cc3c(=O)c2C1c1ccc(OC)cc1. The average Bonchev–Trinajstić information content (AvgIpc) is 2.99. The van der Waals surface area contributed by atoms with Gasteiger partial charge in [0.2, 0.25) is 5.76 Å². The van der Waals surface area contributed by atoms with Crippen LogP contribution in [0.2, 0.25) is 0 Å². The third kappa shape index (κ3) is 3.11. The standard InChI is InChI=1S/C24H25NO4/c1-5-6-11-25-20(16-7-9-17(28-4)10-8-16)19-21(26)18-13-14(2)12-15(3)22(18)29-23(19)24(25)27/h7-10,12-13,20H,5-6,11H2,1-4H3. The predicted octanol–water partition coefficient (Wildman–Crippen LogP) is 4.76. The van der Waals surface area contributed by atoms with E-state index in [1.54, 1.807) is 12.0 Å². The summed E-state index contributed by atoms with van der Waals surface area (Å²) < 4.78 is 11.3. The van der Waals surface area contributed by atoms with E-state index < -0.39 is 6.04 Å². The van der Waals surface area contributed by atoms with Crippen molar-refractivity contribution in [1.29, 1.82) is 0 Å². The topological polar surface area (TPSA) is 59.8 Å². The van der Waals surface area contributed by atoms with E-state index in [0.29, 0.717) is 23.1 Å². The van der Waals surface area contributed by atoms with Crippen molar-refractivity contribution in [3.63, 3.8) is 0 Å². The predicted molar refractivity (Wildman–Crippen MR) is 113 cm³/mol. The minimum absolute atomic E-state index is 0.124. The zero-order chi connectivity index (χ0) is 20.7. The first-order valence-electron chi connectivity index (χ1n) is 9.99. The maximum absolute atomic E-state index is 13.5. The van der Waals surface area contributed by atoms with Crippen LogP contribution in [0.5, 0.6) is 5.75 Å². The van der Waals surface area contributed by atoms with Crippen LogP contribution in [-0.4, -0.2) is 24.5 Å². The van der Waals surface area contributed by atoms with Gasteiger partial charge < -0.3 is 14.1 Å². The fraction of sp³-hybridized carbons (Fsp3) is 0.333. The van der Waals surface area contributed by atoms with Gasteiger partial charge in [-0.1, -0.05) is 31.5 Å². The molecule has 1 aliphatic rings. The van der Waals surface area contributed by atoms with E-state index in [1.807, 2.05) is 50.2 Å². The van der Waals surface area contributed by atoms with Crippen molar-refractivity contribution < 1.29 is 13.9 Å². The second-order valence-electron chi connectivity index (χ2n) is 7.66. The van der Waals surface area contributed by atoms with E-state index in [4.69, 9.17) is 9.15 Å². The Morgan fingerprint density at radius 3 is 2.48 bits per heavy atom. The number of rotatable bonds is 5. The zero-order valence-corrected chi connectivity index (χ0v) is 17.2. The van der Waals surface area contributed by atoms with E-state index >= 15 is 0 Å². The number of carbonyl (C=O) groups is 1. The van der Waals surface area contributed by atoms with Gasteiger partial charge in [0.1, 0.15) is 11.3 Å². The Hall–Kier alpha value is -3.08. The van der Waals surface area contributed by atoms with Crippen molar-refractivity contribution in [2.24, 2.45) is 0 Å². The van der Waals surface area contributed by atoms with Crippen LogP contribution in [0.4, 0.5) is 0 Å². The first-order valence-corrected chi connectivity index (χ1v) is 9.99. The van der Waals surface area contributed by atoms with E-state index in [0.717, 1.165) is 35.3 Å². The fourth-order valence-electron chi connectivity index (χ4n) is 4.17. The summed E-state index contributed by atoms with van der Waals surface area (Å²) in [5, 5.41) is 0.532. The quantitative estimate of drug-likeness (QED) is 0.629. The summed E-state index contributed by atoms with van der Waals surface area (Å²) in [6.45, 7) is 6.52. The van der Waals surface area contributed by atoms with E-state index in [1.165, 1.54) is 0 Å². The van der Waals surface area contributed by atoms with Crippen LogP contribution in [0.3, 0.4) is 0 Å². The number of hydrogen-bond donors (Lipinski definition) is 0. The maximum Gasteiger partial charge on any atom is 0.290 e. The number of fused-ring (bicyclic) bond motifs is 2. The molecule has 4 rings (SSSR count). The van der Waals surface area contributed by atoms with Crippen LogP contribution in [-0.2, 0) is 0 Å². The Kier molecular flexibility index (Phi) is 4.91. The van der Waals surface area contributed by atoms with Gasteiger partial charge in [-0.2, -0.15) is 0 Å². The molecule has 1 unspecified atom stereocenters.